The molecule has 0 spiro atoms. The van der Waals surface area contributed by atoms with Gasteiger partial charge in [0.05, 0.1) is 7.11 Å². The van der Waals surface area contributed by atoms with Crippen LogP contribution in [0.25, 0.3) is 0 Å². The Kier molecular flexibility index (Phi) is 4.14. The van der Waals surface area contributed by atoms with Crippen LogP contribution in [0.1, 0.15) is 12.0 Å². The van der Waals surface area contributed by atoms with E-state index in [0.29, 0.717) is 0 Å². The van der Waals surface area contributed by atoms with Gasteiger partial charge in [-0.25, -0.2) is 4.39 Å². The van der Waals surface area contributed by atoms with Crippen LogP contribution in [-0.2, 0) is 15.1 Å². The number of hydrogen-bond donors (Lipinski definition) is 0. The van der Waals surface area contributed by atoms with E-state index in [2.05, 4.69) is 0 Å². The lowest BCUT2D eigenvalue weighted by molar-refractivity contribution is 0.00818. The zero-order valence-electron chi connectivity index (χ0n) is 12.3. The van der Waals surface area contributed by atoms with Gasteiger partial charge in [-0.3, -0.25) is 0 Å². The zero-order chi connectivity index (χ0) is 14.8. The summed E-state index contributed by atoms with van der Waals surface area (Å²) in [5.41, 5.74) is 0.802. The van der Waals surface area contributed by atoms with Crippen LogP contribution in [0.4, 0.5) is 10.1 Å². The molecule has 0 aromatic heterocycles. The van der Waals surface area contributed by atoms with E-state index in [0.717, 1.165) is 11.3 Å². The standard InChI is InChI=1S/C16H20FNO2/c1-18(2)14-10-6-5-8-12(14)16(20-4)11-7-9-13(17)15(16)19-3/h5-8,10-11H,9H2,1-4H3. The Morgan fingerprint density at radius 3 is 2.50 bits per heavy atom. The summed E-state index contributed by atoms with van der Waals surface area (Å²) in [7, 11) is 6.93. The van der Waals surface area contributed by atoms with E-state index < -0.39 is 5.60 Å². The van der Waals surface area contributed by atoms with Crippen LogP contribution in [0.3, 0.4) is 0 Å². The molecule has 1 aromatic carbocycles. The summed E-state index contributed by atoms with van der Waals surface area (Å²) in [6, 6.07) is 7.77. The first-order valence-electron chi connectivity index (χ1n) is 6.49. The summed E-state index contributed by atoms with van der Waals surface area (Å²) in [6.45, 7) is 0. The number of allylic oxidation sites excluding steroid dienone is 2. The van der Waals surface area contributed by atoms with Gasteiger partial charge in [0.15, 0.2) is 11.4 Å². The molecule has 1 unspecified atom stereocenters. The van der Waals surface area contributed by atoms with E-state index in [1.165, 1.54) is 7.11 Å². The van der Waals surface area contributed by atoms with Gasteiger partial charge in [-0.05, 0) is 12.1 Å². The average molecular weight is 277 g/mol. The Balaban J connectivity index is 2.68. The van der Waals surface area contributed by atoms with Gasteiger partial charge in [-0.15, -0.1) is 0 Å². The molecule has 0 N–H and O–H groups in total. The number of para-hydroxylation sites is 1. The second kappa shape index (κ2) is 5.67. The maximum atomic E-state index is 14.2. The van der Waals surface area contributed by atoms with Crippen LogP contribution in [0, 0.1) is 0 Å². The van der Waals surface area contributed by atoms with Crippen molar-refractivity contribution in [2.45, 2.75) is 12.0 Å². The van der Waals surface area contributed by atoms with Crippen LogP contribution in [0.5, 0.6) is 0 Å². The van der Waals surface area contributed by atoms with Gasteiger partial charge >= 0.3 is 0 Å². The van der Waals surface area contributed by atoms with Gasteiger partial charge in [0.2, 0.25) is 0 Å². The topological polar surface area (TPSA) is 21.7 Å². The second-order valence-electron chi connectivity index (χ2n) is 4.90. The molecule has 0 radical (unpaired) electrons. The number of methoxy groups -OCH3 is 2. The van der Waals surface area contributed by atoms with Crippen molar-refractivity contribution in [3.05, 3.63) is 53.6 Å². The number of halogens is 1. The number of anilines is 1. The minimum atomic E-state index is -1.02. The molecule has 1 aliphatic rings. The highest BCUT2D eigenvalue weighted by Crippen LogP contribution is 2.44. The fourth-order valence-corrected chi connectivity index (χ4v) is 2.62. The molecule has 2 rings (SSSR count). The highest BCUT2D eigenvalue weighted by atomic mass is 19.1. The number of ether oxygens (including phenoxy) is 2. The lowest BCUT2D eigenvalue weighted by Crippen LogP contribution is -2.33. The molecule has 20 heavy (non-hydrogen) atoms. The Bertz CT molecular complexity index is 551. The van der Waals surface area contributed by atoms with Gasteiger partial charge < -0.3 is 14.4 Å². The molecule has 4 heteroatoms. The van der Waals surface area contributed by atoms with Crippen molar-refractivity contribution in [2.24, 2.45) is 0 Å². The molecular weight excluding hydrogens is 257 g/mol. The van der Waals surface area contributed by atoms with Crippen LogP contribution >= 0.6 is 0 Å². The highest BCUT2D eigenvalue weighted by molar-refractivity contribution is 5.59. The minimum Gasteiger partial charge on any atom is -0.495 e. The predicted molar refractivity (Wildman–Crippen MR) is 78.4 cm³/mol. The Labute approximate surface area is 119 Å². The number of nitrogens with zero attached hydrogens (tertiary/aromatic N) is 1. The van der Waals surface area contributed by atoms with E-state index in [9.17, 15) is 4.39 Å². The molecule has 108 valence electrons. The van der Waals surface area contributed by atoms with Crippen molar-refractivity contribution in [3.8, 4) is 0 Å². The summed E-state index contributed by atoms with van der Waals surface area (Å²) in [5.74, 6) is -0.0813. The Morgan fingerprint density at radius 1 is 1.20 bits per heavy atom. The fraction of sp³-hybridized carbons (Fsp3) is 0.375. The fourth-order valence-electron chi connectivity index (χ4n) is 2.62. The summed E-state index contributed by atoms with van der Waals surface area (Å²) >= 11 is 0. The van der Waals surface area contributed by atoms with Crippen LogP contribution in [0.2, 0.25) is 0 Å². The normalized spacial score (nSPS) is 22.1. The second-order valence-corrected chi connectivity index (χ2v) is 4.90. The van der Waals surface area contributed by atoms with Crippen LogP contribution < -0.4 is 4.90 Å². The van der Waals surface area contributed by atoms with Gasteiger partial charge in [0.1, 0.15) is 5.83 Å². The lowest BCUT2D eigenvalue weighted by Gasteiger charge is -2.36. The summed E-state index contributed by atoms with van der Waals surface area (Å²) in [4.78, 5) is 1.98. The van der Waals surface area contributed by atoms with E-state index in [4.69, 9.17) is 9.47 Å². The summed E-state index contributed by atoms with van der Waals surface area (Å²) in [5, 5.41) is 0. The summed E-state index contributed by atoms with van der Waals surface area (Å²) < 4.78 is 25.2. The third-order valence-electron chi connectivity index (χ3n) is 3.55. The molecule has 3 nitrogen and oxygen atoms in total. The molecule has 1 aliphatic carbocycles. The van der Waals surface area contributed by atoms with Crippen molar-refractivity contribution in [3.63, 3.8) is 0 Å². The molecule has 0 aliphatic heterocycles. The zero-order valence-corrected chi connectivity index (χ0v) is 12.3. The Hall–Kier alpha value is -1.81. The van der Waals surface area contributed by atoms with Crippen molar-refractivity contribution in [1.29, 1.82) is 0 Å². The molecular formula is C16H20FNO2. The smallest absolute Gasteiger partial charge is 0.172 e. The van der Waals surface area contributed by atoms with Crippen molar-refractivity contribution in [1.82, 2.24) is 0 Å². The molecule has 0 amide bonds. The highest BCUT2D eigenvalue weighted by Gasteiger charge is 2.41. The third-order valence-corrected chi connectivity index (χ3v) is 3.55. The van der Waals surface area contributed by atoms with Gasteiger partial charge in [0, 0.05) is 38.9 Å². The number of benzene rings is 1. The first-order chi connectivity index (χ1) is 9.56. The molecule has 0 saturated heterocycles. The van der Waals surface area contributed by atoms with Crippen LogP contribution in [-0.4, -0.2) is 28.3 Å². The monoisotopic (exact) mass is 277 g/mol. The molecule has 0 heterocycles. The molecule has 0 saturated carbocycles. The van der Waals surface area contributed by atoms with Gasteiger partial charge in [-0.2, -0.15) is 0 Å². The number of hydrogen-bond acceptors (Lipinski definition) is 3. The maximum Gasteiger partial charge on any atom is 0.172 e. The van der Waals surface area contributed by atoms with E-state index in [1.54, 1.807) is 13.2 Å². The van der Waals surface area contributed by atoms with Gasteiger partial charge in [0.25, 0.3) is 0 Å². The van der Waals surface area contributed by atoms with E-state index in [-0.39, 0.29) is 18.0 Å². The largest absolute Gasteiger partial charge is 0.495 e. The summed E-state index contributed by atoms with van der Waals surface area (Å²) in [6.07, 6.45) is 3.86. The predicted octanol–water partition coefficient (Wildman–Crippen LogP) is 3.38. The van der Waals surface area contributed by atoms with Gasteiger partial charge in [-0.1, -0.05) is 24.3 Å². The molecule has 1 aromatic rings. The third kappa shape index (κ3) is 2.20. The number of rotatable bonds is 4. The van der Waals surface area contributed by atoms with Crippen molar-refractivity contribution < 1.29 is 13.9 Å². The molecule has 0 bridgehead atoms. The lowest BCUT2D eigenvalue weighted by atomic mass is 9.85. The van der Waals surface area contributed by atoms with Crippen molar-refractivity contribution >= 4 is 5.69 Å². The maximum absolute atomic E-state index is 14.2. The van der Waals surface area contributed by atoms with Crippen LogP contribution in [0.15, 0.2) is 48.0 Å². The first kappa shape index (κ1) is 14.6. The first-order valence-corrected chi connectivity index (χ1v) is 6.49. The van der Waals surface area contributed by atoms with Crippen molar-refractivity contribution in [2.75, 3.05) is 33.2 Å². The van der Waals surface area contributed by atoms with E-state index >= 15 is 0 Å². The quantitative estimate of drug-likeness (QED) is 0.787. The Morgan fingerprint density at radius 2 is 1.90 bits per heavy atom. The van der Waals surface area contributed by atoms with E-state index in [1.807, 2.05) is 49.3 Å². The SMILES string of the molecule is COC1=C(F)CC=CC1(OC)c1ccccc1N(C)C. The minimum absolute atomic E-state index is 0.219. The molecule has 1 atom stereocenters. The molecule has 0 fully saturated rings. The average Bonchev–Trinajstić information content (AvgIpc) is 2.46.